The molecule has 0 saturated carbocycles. The number of para-hydroxylation sites is 2. The minimum atomic E-state index is -0.446. The number of aromatic nitrogens is 3. The highest BCUT2D eigenvalue weighted by Gasteiger charge is 2.36. The second-order valence-electron chi connectivity index (χ2n) is 9.60. The number of nitrogens with zero attached hydrogens (tertiary/aromatic N) is 3. The van der Waals surface area contributed by atoms with Crippen LogP contribution in [0.4, 0.5) is 0 Å². The smallest absolute Gasteiger partial charge is 0.261 e. The Balaban J connectivity index is 1.48. The number of fused-ring (bicyclic) bond motifs is 3. The van der Waals surface area contributed by atoms with Crippen LogP contribution in [0.1, 0.15) is 24.1 Å². The van der Waals surface area contributed by atoms with E-state index in [0.29, 0.717) is 29.8 Å². The molecule has 4 heterocycles. The Morgan fingerprint density at radius 3 is 2.31 bits per heavy atom. The van der Waals surface area contributed by atoms with Crippen molar-refractivity contribution in [1.82, 2.24) is 19.7 Å². The van der Waals surface area contributed by atoms with Crippen molar-refractivity contribution in [2.24, 2.45) is 0 Å². The SMILES string of the molecule is O=C1NC(=O)C(c2nn(CCCCO)c3ccccc23)=C1c1cn(-c2csc3ccccc23)c2ccccc12. The number of aliphatic hydroxyl groups is 1. The minimum absolute atomic E-state index is 0.113. The largest absolute Gasteiger partial charge is 0.396 e. The first-order valence-electron chi connectivity index (χ1n) is 12.9. The van der Waals surface area contributed by atoms with Crippen molar-refractivity contribution >= 4 is 66.2 Å². The molecular formula is C31H24N4O3S. The molecule has 1 aliphatic rings. The van der Waals surface area contributed by atoms with Gasteiger partial charge in [-0.15, -0.1) is 11.3 Å². The molecule has 0 atom stereocenters. The molecule has 2 amide bonds. The average molecular weight is 533 g/mol. The molecule has 39 heavy (non-hydrogen) atoms. The number of imide groups is 1. The van der Waals surface area contributed by atoms with Crippen LogP contribution in [0.25, 0.3) is 48.7 Å². The van der Waals surface area contributed by atoms with Crippen LogP contribution in [0.2, 0.25) is 0 Å². The van der Waals surface area contributed by atoms with Crippen molar-refractivity contribution in [3.05, 3.63) is 95.6 Å². The molecule has 7 rings (SSSR count). The summed E-state index contributed by atoms with van der Waals surface area (Å²) in [5.74, 6) is -0.870. The van der Waals surface area contributed by atoms with Crippen molar-refractivity contribution in [2.75, 3.05) is 6.61 Å². The van der Waals surface area contributed by atoms with E-state index < -0.39 is 11.8 Å². The molecular weight excluding hydrogens is 508 g/mol. The topological polar surface area (TPSA) is 89.2 Å². The molecule has 0 radical (unpaired) electrons. The van der Waals surface area contributed by atoms with Gasteiger partial charge in [-0.25, -0.2) is 0 Å². The Hall–Kier alpha value is -4.53. The van der Waals surface area contributed by atoms with E-state index in [-0.39, 0.29) is 12.2 Å². The van der Waals surface area contributed by atoms with Crippen LogP contribution in [-0.2, 0) is 16.1 Å². The lowest BCUT2D eigenvalue weighted by atomic mass is 9.97. The summed E-state index contributed by atoms with van der Waals surface area (Å²) < 4.78 is 5.15. The summed E-state index contributed by atoms with van der Waals surface area (Å²) in [7, 11) is 0. The number of carbonyl (C=O) groups excluding carboxylic acids is 2. The first kappa shape index (κ1) is 23.6. The van der Waals surface area contributed by atoms with E-state index in [1.54, 1.807) is 11.3 Å². The Kier molecular flexibility index (Phi) is 5.65. The van der Waals surface area contributed by atoms with Crippen LogP contribution in [0, 0.1) is 0 Å². The Morgan fingerprint density at radius 1 is 0.795 bits per heavy atom. The molecule has 7 nitrogen and oxygen atoms in total. The predicted octanol–water partition coefficient (Wildman–Crippen LogP) is 5.53. The zero-order chi connectivity index (χ0) is 26.5. The van der Waals surface area contributed by atoms with E-state index in [2.05, 4.69) is 27.4 Å². The summed E-state index contributed by atoms with van der Waals surface area (Å²) in [5.41, 5.74) is 4.67. The minimum Gasteiger partial charge on any atom is -0.396 e. The molecule has 6 aromatic rings. The van der Waals surface area contributed by atoms with E-state index >= 15 is 0 Å². The molecule has 0 aliphatic carbocycles. The third kappa shape index (κ3) is 3.71. The molecule has 0 saturated heterocycles. The van der Waals surface area contributed by atoms with Crippen molar-refractivity contribution in [3.8, 4) is 5.69 Å². The molecule has 0 spiro atoms. The summed E-state index contributed by atoms with van der Waals surface area (Å²) >= 11 is 1.67. The van der Waals surface area contributed by atoms with Crippen molar-refractivity contribution in [2.45, 2.75) is 19.4 Å². The highest BCUT2D eigenvalue weighted by molar-refractivity contribution is 7.17. The number of thiophene rings is 1. The van der Waals surface area contributed by atoms with Crippen LogP contribution in [0.3, 0.4) is 0 Å². The number of unbranched alkanes of at least 4 members (excludes halogenated alkanes) is 1. The molecule has 0 fully saturated rings. The second kappa shape index (κ2) is 9.34. The lowest BCUT2D eigenvalue weighted by Crippen LogP contribution is -2.22. The van der Waals surface area contributed by atoms with Gasteiger partial charge in [-0.3, -0.25) is 19.6 Å². The van der Waals surface area contributed by atoms with Crippen LogP contribution in [0.15, 0.2) is 84.4 Å². The van der Waals surface area contributed by atoms with Crippen molar-refractivity contribution in [1.29, 1.82) is 0 Å². The van der Waals surface area contributed by atoms with Gasteiger partial charge in [-0.05, 0) is 31.0 Å². The van der Waals surface area contributed by atoms with Crippen LogP contribution in [0.5, 0.6) is 0 Å². The molecule has 8 heteroatoms. The molecule has 3 aromatic carbocycles. The van der Waals surface area contributed by atoms with Crippen LogP contribution in [-0.4, -0.2) is 37.9 Å². The number of rotatable bonds is 7. The van der Waals surface area contributed by atoms with Gasteiger partial charge in [-0.2, -0.15) is 5.10 Å². The fourth-order valence-electron chi connectivity index (χ4n) is 5.52. The van der Waals surface area contributed by atoms with Gasteiger partial charge < -0.3 is 9.67 Å². The van der Waals surface area contributed by atoms with Gasteiger partial charge in [0.15, 0.2) is 0 Å². The summed E-state index contributed by atoms with van der Waals surface area (Å²) in [4.78, 5) is 26.8. The number of aliphatic hydroxyl groups excluding tert-OH is 1. The quantitative estimate of drug-likeness (QED) is 0.209. The highest BCUT2D eigenvalue weighted by Crippen LogP contribution is 2.40. The fourth-order valence-corrected chi connectivity index (χ4v) is 6.46. The summed E-state index contributed by atoms with van der Waals surface area (Å²) in [6.07, 6.45) is 3.38. The third-order valence-corrected chi connectivity index (χ3v) is 8.26. The maximum Gasteiger partial charge on any atom is 0.261 e. The molecule has 0 unspecified atom stereocenters. The summed E-state index contributed by atoms with van der Waals surface area (Å²) in [6, 6.07) is 23.9. The number of benzene rings is 3. The number of nitrogens with one attached hydrogen (secondary N) is 1. The Labute approximate surface area is 227 Å². The predicted molar refractivity (Wildman–Crippen MR) is 155 cm³/mol. The van der Waals surface area contributed by atoms with Gasteiger partial charge in [0.2, 0.25) is 0 Å². The standard InChI is InChI=1S/C31H24N4O3S/c36-16-8-7-15-35-24-13-5-2-11-21(24)29(33-35)28-27(30(37)32-31(28)38)22-17-34(23-12-4-1-9-19(22)23)25-18-39-26-14-6-3-10-20(25)26/h1-6,9-14,17-18,36H,7-8,15-16H2,(H,32,37,38). The van der Waals surface area contributed by atoms with Crippen LogP contribution < -0.4 is 5.32 Å². The van der Waals surface area contributed by atoms with E-state index in [4.69, 9.17) is 5.10 Å². The number of amides is 2. The normalized spacial score (nSPS) is 13.9. The summed E-state index contributed by atoms with van der Waals surface area (Å²) in [5, 5.41) is 21.6. The lowest BCUT2D eigenvalue weighted by molar-refractivity contribution is -0.122. The molecule has 1 aliphatic heterocycles. The van der Waals surface area contributed by atoms with E-state index in [1.165, 1.54) is 4.70 Å². The maximum absolute atomic E-state index is 13.4. The van der Waals surface area contributed by atoms with Crippen LogP contribution >= 0.6 is 11.3 Å². The first-order valence-corrected chi connectivity index (χ1v) is 13.8. The van der Waals surface area contributed by atoms with Gasteiger partial charge in [0, 0.05) is 51.2 Å². The van der Waals surface area contributed by atoms with E-state index in [1.807, 2.05) is 71.5 Å². The third-order valence-electron chi connectivity index (χ3n) is 7.31. The number of aryl methyl sites for hydroxylation is 1. The fraction of sp³-hybridized carbons (Fsp3) is 0.129. The van der Waals surface area contributed by atoms with E-state index in [9.17, 15) is 14.7 Å². The van der Waals surface area contributed by atoms with Gasteiger partial charge in [-0.1, -0.05) is 54.6 Å². The van der Waals surface area contributed by atoms with Crippen molar-refractivity contribution in [3.63, 3.8) is 0 Å². The van der Waals surface area contributed by atoms with Gasteiger partial charge in [0.25, 0.3) is 11.8 Å². The highest BCUT2D eigenvalue weighted by atomic mass is 32.1. The zero-order valence-corrected chi connectivity index (χ0v) is 21.7. The summed E-state index contributed by atoms with van der Waals surface area (Å²) in [6.45, 7) is 0.714. The zero-order valence-electron chi connectivity index (χ0n) is 20.9. The molecule has 0 bridgehead atoms. The lowest BCUT2D eigenvalue weighted by Gasteiger charge is -2.03. The Morgan fingerprint density at radius 2 is 1.49 bits per heavy atom. The van der Waals surface area contributed by atoms with Crippen molar-refractivity contribution < 1.29 is 14.7 Å². The molecule has 192 valence electrons. The van der Waals surface area contributed by atoms with Gasteiger partial charge in [0.1, 0.15) is 5.69 Å². The molecule has 3 aromatic heterocycles. The van der Waals surface area contributed by atoms with E-state index in [0.717, 1.165) is 39.3 Å². The Bertz CT molecular complexity index is 1960. The van der Waals surface area contributed by atoms with Gasteiger partial charge in [0.05, 0.1) is 27.9 Å². The number of carbonyl (C=O) groups is 2. The molecule has 2 N–H and O–H groups in total. The number of hydrogen-bond donors (Lipinski definition) is 2. The number of hydrogen-bond acceptors (Lipinski definition) is 5. The van der Waals surface area contributed by atoms with Gasteiger partial charge >= 0.3 is 0 Å². The average Bonchev–Trinajstić information content (AvgIpc) is 3.71. The first-order chi connectivity index (χ1) is 19.2. The second-order valence-corrected chi connectivity index (χ2v) is 10.5. The maximum atomic E-state index is 13.4. The monoisotopic (exact) mass is 532 g/mol.